The Morgan fingerprint density at radius 2 is 1.49 bits per heavy atom. The zero-order chi connectivity index (χ0) is 23.8. The minimum Gasteiger partial charge on any atom is -0.436 e. The summed E-state index contributed by atoms with van der Waals surface area (Å²) in [7, 11) is 0. The quantitative estimate of drug-likeness (QED) is 0.262. The lowest BCUT2D eigenvalue weighted by molar-refractivity contribution is 0.620. The Kier molecular flexibility index (Phi) is 5.38. The number of benzene rings is 4. The molecule has 0 aliphatic rings. The molecule has 0 atom stereocenters. The summed E-state index contributed by atoms with van der Waals surface area (Å²) in [6, 6.07) is 33.5. The van der Waals surface area contributed by atoms with Crippen molar-refractivity contribution in [3.8, 4) is 33.8 Å². The van der Waals surface area contributed by atoms with Crippen molar-refractivity contribution in [1.29, 1.82) is 0 Å². The van der Waals surface area contributed by atoms with Gasteiger partial charge in [-0.05, 0) is 59.2 Å². The maximum atomic E-state index is 6.31. The molecule has 3 heteroatoms. The molecule has 6 rings (SSSR count). The van der Waals surface area contributed by atoms with Gasteiger partial charge < -0.3 is 4.42 Å². The molecule has 0 aliphatic heterocycles. The summed E-state index contributed by atoms with van der Waals surface area (Å²) in [4.78, 5) is 9.72. The highest BCUT2D eigenvalue weighted by atomic mass is 16.3. The Morgan fingerprint density at radius 3 is 2.23 bits per heavy atom. The van der Waals surface area contributed by atoms with Gasteiger partial charge in [-0.3, -0.25) is 4.98 Å². The zero-order valence-electron chi connectivity index (χ0n) is 19.9. The number of aromatic nitrogens is 2. The van der Waals surface area contributed by atoms with Crippen LogP contribution in [0, 0.1) is 5.92 Å². The average molecular weight is 455 g/mol. The summed E-state index contributed by atoms with van der Waals surface area (Å²) in [5, 5.41) is 2.35. The van der Waals surface area contributed by atoms with E-state index in [1.807, 2.05) is 42.6 Å². The van der Waals surface area contributed by atoms with Crippen LogP contribution in [0.1, 0.15) is 19.4 Å². The van der Waals surface area contributed by atoms with Gasteiger partial charge in [-0.1, -0.05) is 80.6 Å². The van der Waals surface area contributed by atoms with Gasteiger partial charge >= 0.3 is 0 Å². The molecule has 0 N–H and O–H groups in total. The summed E-state index contributed by atoms with van der Waals surface area (Å²) >= 11 is 0. The van der Waals surface area contributed by atoms with Gasteiger partial charge in [-0.2, -0.15) is 0 Å². The molecule has 0 amide bonds. The van der Waals surface area contributed by atoms with Crippen molar-refractivity contribution in [3.05, 3.63) is 109 Å². The van der Waals surface area contributed by atoms with Crippen LogP contribution in [0.4, 0.5) is 0 Å². The minimum absolute atomic E-state index is 0.620. The molecule has 0 radical (unpaired) electrons. The first-order valence-electron chi connectivity index (χ1n) is 12.1. The van der Waals surface area contributed by atoms with Gasteiger partial charge in [-0.15, -0.1) is 0 Å². The van der Waals surface area contributed by atoms with E-state index in [1.54, 1.807) is 0 Å². The Labute approximate surface area is 205 Å². The van der Waals surface area contributed by atoms with Gasteiger partial charge in [0.1, 0.15) is 5.52 Å². The minimum atomic E-state index is 0.620. The monoisotopic (exact) mass is 454 g/mol. The average Bonchev–Trinajstić information content (AvgIpc) is 3.33. The smallest absolute Gasteiger partial charge is 0.227 e. The van der Waals surface area contributed by atoms with Crippen molar-refractivity contribution in [1.82, 2.24) is 9.97 Å². The number of nitrogens with zero attached hydrogens (tertiary/aromatic N) is 2. The maximum absolute atomic E-state index is 6.31. The van der Waals surface area contributed by atoms with E-state index in [-0.39, 0.29) is 0 Å². The molecule has 0 aliphatic carbocycles. The van der Waals surface area contributed by atoms with E-state index in [0.29, 0.717) is 11.8 Å². The second kappa shape index (κ2) is 8.84. The van der Waals surface area contributed by atoms with Crippen molar-refractivity contribution >= 4 is 21.9 Å². The van der Waals surface area contributed by atoms with Crippen molar-refractivity contribution in [2.75, 3.05) is 0 Å². The molecule has 2 aromatic heterocycles. The summed E-state index contributed by atoms with van der Waals surface area (Å²) in [5.41, 5.74) is 8.06. The van der Waals surface area contributed by atoms with E-state index in [2.05, 4.69) is 74.5 Å². The van der Waals surface area contributed by atoms with Crippen LogP contribution in [0.25, 0.3) is 55.7 Å². The normalized spacial score (nSPS) is 11.5. The molecule has 3 nitrogen and oxygen atoms in total. The van der Waals surface area contributed by atoms with Crippen LogP contribution in [-0.4, -0.2) is 9.97 Å². The molecule has 0 spiro atoms. The van der Waals surface area contributed by atoms with Crippen LogP contribution in [0.15, 0.2) is 108 Å². The first kappa shape index (κ1) is 21.3. The maximum Gasteiger partial charge on any atom is 0.227 e. The molecular weight excluding hydrogens is 428 g/mol. The Hall–Kier alpha value is -4.24. The van der Waals surface area contributed by atoms with Gasteiger partial charge in [0.05, 0.1) is 5.69 Å². The summed E-state index contributed by atoms with van der Waals surface area (Å²) in [6.07, 6.45) is 2.97. The third kappa shape index (κ3) is 4.10. The van der Waals surface area contributed by atoms with Crippen LogP contribution in [0.3, 0.4) is 0 Å². The molecule has 0 bridgehead atoms. The van der Waals surface area contributed by atoms with Gasteiger partial charge in [0.2, 0.25) is 5.89 Å². The fourth-order valence-corrected chi connectivity index (χ4v) is 4.76. The Balaban J connectivity index is 1.57. The number of oxazole rings is 1. The lowest BCUT2D eigenvalue weighted by atomic mass is 9.95. The largest absolute Gasteiger partial charge is 0.436 e. The standard InChI is InChI=1S/C32H26N2O/c1-21(2)17-22-13-14-27-25(18-22)15-16-33-30(27)26-19-28(23-9-5-3-6-10-23)31-29(20-26)35-32(34-31)24-11-7-4-8-12-24/h3-16,18-21H,17H2,1-2H3. The van der Waals surface area contributed by atoms with Crippen molar-refractivity contribution in [2.24, 2.45) is 5.92 Å². The molecule has 4 aromatic carbocycles. The van der Waals surface area contributed by atoms with Crippen LogP contribution >= 0.6 is 0 Å². The molecule has 0 unspecified atom stereocenters. The van der Waals surface area contributed by atoms with Crippen LogP contribution in [0.5, 0.6) is 0 Å². The highest BCUT2D eigenvalue weighted by Crippen LogP contribution is 2.37. The van der Waals surface area contributed by atoms with E-state index < -0.39 is 0 Å². The van der Waals surface area contributed by atoms with Crippen molar-refractivity contribution in [3.63, 3.8) is 0 Å². The molecule has 6 aromatic rings. The Bertz CT molecular complexity index is 1630. The highest BCUT2D eigenvalue weighted by Gasteiger charge is 2.17. The molecule has 170 valence electrons. The third-order valence-corrected chi connectivity index (χ3v) is 6.35. The lowest BCUT2D eigenvalue weighted by Crippen LogP contribution is -1.94. The topological polar surface area (TPSA) is 38.9 Å². The summed E-state index contributed by atoms with van der Waals surface area (Å²) in [5.74, 6) is 1.24. The predicted molar refractivity (Wildman–Crippen MR) is 144 cm³/mol. The number of rotatable bonds is 5. The van der Waals surface area contributed by atoms with Crippen LogP contribution in [-0.2, 0) is 6.42 Å². The van der Waals surface area contributed by atoms with E-state index in [9.17, 15) is 0 Å². The third-order valence-electron chi connectivity index (χ3n) is 6.35. The molecule has 0 saturated carbocycles. The molecule has 2 heterocycles. The number of pyridine rings is 1. The zero-order valence-corrected chi connectivity index (χ0v) is 19.9. The van der Waals surface area contributed by atoms with Gasteiger partial charge in [-0.25, -0.2) is 4.98 Å². The Morgan fingerprint density at radius 1 is 0.743 bits per heavy atom. The molecule has 0 fully saturated rings. The highest BCUT2D eigenvalue weighted by molar-refractivity contribution is 6.00. The summed E-state index contributed by atoms with van der Waals surface area (Å²) < 4.78 is 6.31. The van der Waals surface area contributed by atoms with Crippen LogP contribution < -0.4 is 0 Å². The predicted octanol–water partition coefficient (Wildman–Crippen LogP) is 8.58. The van der Waals surface area contributed by atoms with Gasteiger partial charge in [0, 0.05) is 28.3 Å². The molecule has 35 heavy (non-hydrogen) atoms. The SMILES string of the molecule is CC(C)Cc1ccc2c(-c3cc(-c4ccccc4)c4nc(-c5ccccc5)oc4c3)nccc2c1. The van der Waals surface area contributed by atoms with E-state index in [0.717, 1.165) is 50.9 Å². The van der Waals surface area contributed by atoms with Crippen LogP contribution in [0.2, 0.25) is 0 Å². The number of hydrogen-bond donors (Lipinski definition) is 0. The molecular formula is C32H26N2O. The second-order valence-electron chi connectivity index (χ2n) is 9.43. The fraction of sp³-hybridized carbons (Fsp3) is 0.125. The lowest BCUT2D eigenvalue weighted by Gasteiger charge is -2.11. The number of hydrogen-bond acceptors (Lipinski definition) is 3. The summed E-state index contributed by atoms with van der Waals surface area (Å²) in [6.45, 7) is 4.51. The van der Waals surface area contributed by atoms with Crippen molar-refractivity contribution < 1.29 is 4.42 Å². The van der Waals surface area contributed by atoms with E-state index in [1.165, 1.54) is 10.9 Å². The fourth-order valence-electron chi connectivity index (χ4n) is 4.76. The number of fused-ring (bicyclic) bond motifs is 2. The van der Waals surface area contributed by atoms with E-state index >= 15 is 0 Å². The first-order chi connectivity index (χ1) is 17.2. The van der Waals surface area contributed by atoms with Crippen molar-refractivity contribution in [2.45, 2.75) is 20.3 Å². The van der Waals surface area contributed by atoms with Gasteiger partial charge in [0.25, 0.3) is 0 Å². The first-order valence-corrected chi connectivity index (χ1v) is 12.1. The van der Waals surface area contributed by atoms with Gasteiger partial charge in [0.15, 0.2) is 5.58 Å². The second-order valence-corrected chi connectivity index (χ2v) is 9.43. The molecule has 0 saturated heterocycles. The van der Waals surface area contributed by atoms with E-state index in [4.69, 9.17) is 14.4 Å².